The summed E-state index contributed by atoms with van der Waals surface area (Å²) < 4.78 is 0. The van der Waals surface area contributed by atoms with Crippen molar-refractivity contribution < 1.29 is 14.7 Å². The molecule has 2 amide bonds. The molecule has 140 valence electrons. The highest BCUT2D eigenvalue weighted by molar-refractivity contribution is 5.88. The molecule has 2 heterocycles. The largest absolute Gasteiger partial charge is 0.386 e. The lowest BCUT2D eigenvalue weighted by atomic mass is 10.0. The molecule has 1 aliphatic rings. The molecule has 0 aliphatic carbocycles. The minimum Gasteiger partial charge on any atom is -0.386 e. The lowest BCUT2D eigenvalue weighted by Gasteiger charge is -2.28. The molecule has 25 heavy (non-hydrogen) atoms. The number of rotatable bonds is 8. The molecule has 0 radical (unpaired) electrons. The molecule has 7 heteroatoms. The fraction of sp³-hybridized carbons (Fsp3) is 0.611. The minimum atomic E-state index is -1.07. The summed E-state index contributed by atoms with van der Waals surface area (Å²) in [7, 11) is 0. The van der Waals surface area contributed by atoms with Gasteiger partial charge in [0.2, 0.25) is 11.8 Å². The van der Waals surface area contributed by atoms with Crippen molar-refractivity contribution in [3.8, 4) is 0 Å². The molecule has 1 aromatic heterocycles. The van der Waals surface area contributed by atoms with Gasteiger partial charge in [-0.1, -0.05) is 19.8 Å². The number of unbranched alkanes of at least 4 members (excludes halogenated alkanes) is 2. The number of pyridine rings is 1. The summed E-state index contributed by atoms with van der Waals surface area (Å²) in [6.07, 6.45) is 7.17. The van der Waals surface area contributed by atoms with Gasteiger partial charge in [0, 0.05) is 31.9 Å². The van der Waals surface area contributed by atoms with Crippen LogP contribution in [0, 0.1) is 0 Å². The lowest BCUT2D eigenvalue weighted by Crippen LogP contribution is -2.51. The van der Waals surface area contributed by atoms with Gasteiger partial charge in [-0.15, -0.1) is 12.4 Å². The van der Waals surface area contributed by atoms with Crippen LogP contribution in [0.15, 0.2) is 24.5 Å². The molecule has 2 rings (SSSR count). The van der Waals surface area contributed by atoms with E-state index in [2.05, 4.69) is 17.2 Å². The second kappa shape index (κ2) is 11.1. The summed E-state index contributed by atoms with van der Waals surface area (Å²) in [5, 5.41) is 13.4. The van der Waals surface area contributed by atoms with E-state index in [9.17, 15) is 14.7 Å². The SMILES string of the molecule is CCCCCC(=O)NC(C(=O)N1CCCC1)C(O)c1ccncc1.Cl. The van der Waals surface area contributed by atoms with Gasteiger partial charge in [0.05, 0.1) is 0 Å². The number of likely N-dealkylation sites (tertiary alicyclic amines) is 1. The third-order valence-electron chi connectivity index (χ3n) is 4.37. The Morgan fingerprint density at radius 2 is 1.88 bits per heavy atom. The zero-order valence-electron chi connectivity index (χ0n) is 14.7. The van der Waals surface area contributed by atoms with Gasteiger partial charge in [-0.05, 0) is 37.0 Å². The Bertz CT molecular complexity index is 536. The van der Waals surface area contributed by atoms with Crippen molar-refractivity contribution in [2.24, 2.45) is 0 Å². The van der Waals surface area contributed by atoms with Crippen molar-refractivity contribution in [1.82, 2.24) is 15.2 Å². The van der Waals surface area contributed by atoms with Gasteiger partial charge in [0.1, 0.15) is 12.1 Å². The van der Waals surface area contributed by atoms with E-state index in [1.54, 1.807) is 29.4 Å². The second-order valence-electron chi connectivity index (χ2n) is 6.26. The molecule has 2 N–H and O–H groups in total. The maximum atomic E-state index is 12.8. The average molecular weight is 370 g/mol. The highest BCUT2D eigenvalue weighted by atomic mass is 35.5. The summed E-state index contributed by atoms with van der Waals surface area (Å²) in [5.41, 5.74) is 0.580. The van der Waals surface area contributed by atoms with Crippen molar-refractivity contribution in [2.45, 2.75) is 57.6 Å². The van der Waals surface area contributed by atoms with Gasteiger partial charge >= 0.3 is 0 Å². The topological polar surface area (TPSA) is 82.5 Å². The van der Waals surface area contributed by atoms with E-state index in [1.165, 1.54) is 0 Å². The smallest absolute Gasteiger partial charge is 0.248 e. The van der Waals surface area contributed by atoms with E-state index in [1.807, 2.05) is 0 Å². The number of aliphatic hydroxyl groups excluding tert-OH is 1. The third kappa shape index (κ3) is 6.29. The number of hydrogen-bond donors (Lipinski definition) is 2. The number of carbonyl (C=O) groups is 2. The van der Waals surface area contributed by atoms with E-state index >= 15 is 0 Å². The fourth-order valence-electron chi connectivity index (χ4n) is 2.94. The van der Waals surface area contributed by atoms with E-state index in [0.29, 0.717) is 25.1 Å². The minimum absolute atomic E-state index is 0. The number of hydrogen-bond acceptors (Lipinski definition) is 4. The molecule has 0 aromatic carbocycles. The lowest BCUT2D eigenvalue weighted by molar-refractivity contribution is -0.139. The maximum Gasteiger partial charge on any atom is 0.248 e. The van der Waals surface area contributed by atoms with Gasteiger partial charge in [0.25, 0.3) is 0 Å². The second-order valence-corrected chi connectivity index (χ2v) is 6.26. The molecular weight excluding hydrogens is 342 g/mol. The first kappa shape index (κ1) is 21.4. The quantitative estimate of drug-likeness (QED) is 0.688. The van der Waals surface area contributed by atoms with Crippen LogP contribution in [-0.2, 0) is 9.59 Å². The zero-order valence-corrected chi connectivity index (χ0v) is 15.5. The monoisotopic (exact) mass is 369 g/mol. The number of carbonyl (C=O) groups excluding carboxylic acids is 2. The molecule has 1 fully saturated rings. The summed E-state index contributed by atoms with van der Waals surface area (Å²) >= 11 is 0. The first-order valence-electron chi connectivity index (χ1n) is 8.79. The predicted molar refractivity (Wildman–Crippen MR) is 98.3 cm³/mol. The Hall–Kier alpha value is -1.66. The first-order valence-corrected chi connectivity index (χ1v) is 8.79. The van der Waals surface area contributed by atoms with Crippen LogP contribution in [-0.4, -0.2) is 45.9 Å². The van der Waals surface area contributed by atoms with E-state index < -0.39 is 12.1 Å². The molecule has 2 unspecified atom stereocenters. The molecular formula is C18H28ClN3O3. The van der Waals surface area contributed by atoms with Crippen molar-refractivity contribution >= 4 is 24.2 Å². The van der Waals surface area contributed by atoms with Gasteiger partial charge in [-0.25, -0.2) is 0 Å². The molecule has 0 bridgehead atoms. The first-order chi connectivity index (χ1) is 11.6. The predicted octanol–water partition coefficient (Wildman–Crippen LogP) is 2.22. The Morgan fingerprint density at radius 1 is 1.24 bits per heavy atom. The molecule has 1 aliphatic heterocycles. The maximum absolute atomic E-state index is 12.8. The Kier molecular flexibility index (Phi) is 9.45. The van der Waals surface area contributed by atoms with Crippen molar-refractivity contribution in [3.63, 3.8) is 0 Å². The Morgan fingerprint density at radius 3 is 2.48 bits per heavy atom. The van der Waals surface area contributed by atoms with Crippen LogP contribution >= 0.6 is 12.4 Å². The normalized spacial score (nSPS) is 16.0. The van der Waals surface area contributed by atoms with Crippen LogP contribution in [0.2, 0.25) is 0 Å². The molecule has 2 atom stereocenters. The number of nitrogens with one attached hydrogen (secondary N) is 1. The van der Waals surface area contributed by atoms with Crippen LogP contribution < -0.4 is 5.32 Å². The van der Waals surface area contributed by atoms with E-state index in [0.717, 1.165) is 32.1 Å². The van der Waals surface area contributed by atoms with Crippen molar-refractivity contribution in [3.05, 3.63) is 30.1 Å². The van der Waals surface area contributed by atoms with E-state index in [-0.39, 0.29) is 24.2 Å². The van der Waals surface area contributed by atoms with Crippen LogP contribution in [0.25, 0.3) is 0 Å². The number of aliphatic hydroxyl groups is 1. The number of amides is 2. The number of halogens is 1. The van der Waals surface area contributed by atoms with Gasteiger partial charge in [-0.3, -0.25) is 14.6 Å². The fourth-order valence-corrected chi connectivity index (χ4v) is 2.94. The third-order valence-corrected chi connectivity index (χ3v) is 4.37. The molecule has 0 spiro atoms. The summed E-state index contributed by atoms with van der Waals surface area (Å²) in [6.45, 7) is 3.44. The number of nitrogens with zero attached hydrogens (tertiary/aromatic N) is 2. The van der Waals surface area contributed by atoms with Gasteiger partial charge < -0.3 is 15.3 Å². The van der Waals surface area contributed by atoms with E-state index in [4.69, 9.17) is 0 Å². The molecule has 0 saturated carbocycles. The summed E-state index contributed by atoms with van der Waals surface area (Å²) in [5.74, 6) is -0.394. The van der Waals surface area contributed by atoms with Gasteiger partial charge in [0.15, 0.2) is 0 Å². The Labute approximate surface area is 155 Å². The summed E-state index contributed by atoms with van der Waals surface area (Å²) in [6, 6.07) is 2.38. The van der Waals surface area contributed by atoms with Crippen molar-refractivity contribution in [2.75, 3.05) is 13.1 Å². The zero-order chi connectivity index (χ0) is 17.4. The van der Waals surface area contributed by atoms with Crippen LogP contribution in [0.3, 0.4) is 0 Å². The van der Waals surface area contributed by atoms with Crippen LogP contribution in [0.1, 0.15) is 57.1 Å². The van der Waals surface area contributed by atoms with Crippen LogP contribution in [0.4, 0.5) is 0 Å². The standard InChI is InChI=1S/C18H27N3O3.ClH/c1-2-3-4-7-15(22)20-16(18(24)21-12-5-6-13-21)17(23)14-8-10-19-11-9-14;/h8-11,16-17,23H,2-7,12-13H2,1H3,(H,20,22);1H. The highest BCUT2D eigenvalue weighted by Crippen LogP contribution is 2.20. The van der Waals surface area contributed by atoms with Gasteiger partial charge in [-0.2, -0.15) is 0 Å². The number of aromatic nitrogens is 1. The Balaban J connectivity index is 0.00000312. The average Bonchev–Trinajstić information content (AvgIpc) is 3.14. The molecule has 1 aromatic rings. The van der Waals surface area contributed by atoms with Crippen LogP contribution in [0.5, 0.6) is 0 Å². The van der Waals surface area contributed by atoms with Crippen molar-refractivity contribution in [1.29, 1.82) is 0 Å². The molecule has 6 nitrogen and oxygen atoms in total. The summed E-state index contributed by atoms with van der Waals surface area (Å²) in [4.78, 5) is 30.6. The highest BCUT2D eigenvalue weighted by Gasteiger charge is 2.33. The molecule has 1 saturated heterocycles.